The molecule has 0 saturated carbocycles. The van der Waals surface area contributed by atoms with Crippen molar-refractivity contribution >= 4 is 17.9 Å². The Labute approximate surface area is 336 Å². The molecule has 0 radical (unpaired) electrons. The molecule has 6 heteroatoms. The summed E-state index contributed by atoms with van der Waals surface area (Å²) in [6.07, 6.45) is 39.6. The van der Waals surface area contributed by atoms with Crippen molar-refractivity contribution < 1.29 is 28.6 Å². The minimum absolute atomic E-state index is 0.0656. The summed E-state index contributed by atoms with van der Waals surface area (Å²) in [6.45, 7) is 11.3. The number of carbonyl (C=O) groups is 3. The van der Waals surface area contributed by atoms with Crippen LogP contribution in [0.25, 0.3) is 0 Å². The van der Waals surface area contributed by atoms with Crippen LogP contribution in [-0.2, 0) is 28.6 Å². The predicted octanol–water partition coefficient (Wildman–Crippen LogP) is 15.0. The van der Waals surface area contributed by atoms with Crippen LogP contribution in [0.4, 0.5) is 0 Å². The van der Waals surface area contributed by atoms with Crippen molar-refractivity contribution in [3.8, 4) is 0 Å². The van der Waals surface area contributed by atoms with Crippen LogP contribution in [0.5, 0.6) is 0 Å². The lowest BCUT2D eigenvalue weighted by Gasteiger charge is -2.18. The molecule has 0 aromatic heterocycles. The lowest BCUT2D eigenvalue weighted by molar-refractivity contribution is -0.167. The number of ether oxygens (including phenoxy) is 3. The van der Waals surface area contributed by atoms with E-state index in [2.05, 4.69) is 34.6 Å². The molecule has 0 amide bonds. The van der Waals surface area contributed by atoms with E-state index in [0.29, 0.717) is 19.3 Å². The molecule has 0 aliphatic heterocycles. The molecular weight excluding hydrogens is 673 g/mol. The summed E-state index contributed by atoms with van der Waals surface area (Å²) in [7, 11) is 0. The molecule has 0 rings (SSSR count). The van der Waals surface area contributed by atoms with Crippen molar-refractivity contribution in [3.05, 3.63) is 0 Å². The average Bonchev–Trinajstić information content (AvgIpc) is 3.14. The van der Waals surface area contributed by atoms with Gasteiger partial charge in [0.05, 0.1) is 0 Å². The maximum Gasteiger partial charge on any atom is 0.306 e. The largest absolute Gasteiger partial charge is 0.462 e. The minimum atomic E-state index is -0.761. The van der Waals surface area contributed by atoms with Gasteiger partial charge in [-0.1, -0.05) is 221 Å². The fourth-order valence-corrected chi connectivity index (χ4v) is 7.11. The molecule has 0 aromatic rings. The number of esters is 3. The van der Waals surface area contributed by atoms with Crippen LogP contribution in [0.2, 0.25) is 0 Å². The second kappa shape index (κ2) is 41.1. The summed E-state index contributed by atoms with van der Waals surface area (Å²) in [5, 5.41) is 0. The smallest absolute Gasteiger partial charge is 0.306 e. The molecule has 6 nitrogen and oxygen atoms in total. The van der Waals surface area contributed by atoms with Gasteiger partial charge in [0, 0.05) is 19.3 Å². The normalized spacial score (nSPS) is 12.1. The molecule has 0 heterocycles. The predicted molar refractivity (Wildman–Crippen MR) is 229 cm³/mol. The van der Waals surface area contributed by atoms with Gasteiger partial charge in [0.2, 0.25) is 0 Å². The molecule has 320 valence electrons. The van der Waals surface area contributed by atoms with Gasteiger partial charge in [0.25, 0.3) is 0 Å². The minimum Gasteiger partial charge on any atom is -0.462 e. The SMILES string of the molecule is CCCCCCCCCCCCCCCCCC(=O)O[C@@H](COC(=O)CCCCCCCCCCC(C)C)COC(=O)CCCCCCCCCC(C)C. The molecule has 0 spiro atoms. The first-order chi connectivity index (χ1) is 26.2. The number of hydrogen-bond acceptors (Lipinski definition) is 6. The zero-order chi connectivity index (χ0) is 39.7. The standard InChI is InChI=1S/C48H92O6/c1-6-7-8-9-10-11-12-13-14-15-16-17-24-30-35-40-48(51)54-45(42-53-47(50)39-34-29-25-20-22-27-32-37-44(4)5)41-52-46(49)38-33-28-23-19-18-21-26-31-36-43(2)3/h43-45H,6-42H2,1-5H3/t45-/m0/s1. The van der Waals surface area contributed by atoms with Gasteiger partial charge < -0.3 is 14.2 Å². The Kier molecular flexibility index (Phi) is 39.8. The summed E-state index contributed by atoms with van der Waals surface area (Å²) in [4.78, 5) is 37.7. The van der Waals surface area contributed by atoms with E-state index in [9.17, 15) is 14.4 Å². The molecule has 0 unspecified atom stereocenters. The highest BCUT2D eigenvalue weighted by molar-refractivity contribution is 5.71. The van der Waals surface area contributed by atoms with Crippen molar-refractivity contribution in [2.75, 3.05) is 13.2 Å². The van der Waals surface area contributed by atoms with E-state index in [4.69, 9.17) is 14.2 Å². The molecule has 0 bridgehead atoms. The monoisotopic (exact) mass is 765 g/mol. The molecule has 0 aliphatic rings. The van der Waals surface area contributed by atoms with Crippen LogP contribution in [0.15, 0.2) is 0 Å². The lowest BCUT2D eigenvalue weighted by Crippen LogP contribution is -2.30. The fraction of sp³-hybridized carbons (Fsp3) is 0.938. The molecule has 0 saturated heterocycles. The number of unbranched alkanes of at least 4 members (excludes halogenated alkanes) is 27. The quantitative estimate of drug-likeness (QED) is 0.0350. The maximum atomic E-state index is 12.7. The van der Waals surface area contributed by atoms with Crippen molar-refractivity contribution in [1.82, 2.24) is 0 Å². The molecule has 0 fully saturated rings. The second-order valence-electron chi connectivity index (χ2n) is 17.3. The summed E-state index contributed by atoms with van der Waals surface area (Å²) in [6, 6.07) is 0. The van der Waals surface area contributed by atoms with E-state index in [0.717, 1.165) is 69.6 Å². The van der Waals surface area contributed by atoms with Crippen LogP contribution in [0, 0.1) is 11.8 Å². The van der Waals surface area contributed by atoms with E-state index in [1.54, 1.807) is 0 Å². The molecule has 0 N–H and O–H groups in total. The van der Waals surface area contributed by atoms with Crippen molar-refractivity contribution in [1.29, 1.82) is 0 Å². The zero-order valence-electron chi connectivity index (χ0n) is 36.8. The van der Waals surface area contributed by atoms with E-state index < -0.39 is 6.10 Å². The van der Waals surface area contributed by atoms with Crippen LogP contribution < -0.4 is 0 Å². The van der Waals surface area contributed by atoms with Gasteiger partial charge >= 0.3 is 17.9 Å². The number of rotatable bonds is 42. The Hall–Kier alpha value is -1.59. The van der Waals surface area contributed by atoms with E-state index in [1.807, 2.05) is 0 Å². The third-order valence-electron chi connectivity index (χ3n) is 10.7. The Morgan fingerprint density at radius 1 is 0.352 bits per heavy atom. The lowest BCUT2D eigenvalue weighted by atomic mass is 10.0. The summed E-state index contributed by atoms with van der Waals surface area (Å²) in [5.74, 6) is 0.719. The van der Waals surface area contributed by atoms with Crippen molar-refractivity contribution in [2.45, 2.75) is 265 Å². The van der Waals surface area contributed by atoms with Gasteiger partial charge in [-0.15, -0.1) is 0 Å². The molecular formula is C48H92O6. The second-order valence-corrected chi connectivity index (χ2v) is 17.3. The van der Waals surface area contributed by atoms with Gasteiger partial charge in [-0.3, -0.25) is 14.4 Å². The van der Waals surface area contributed by atoms with Gasteiger partial charge in [-0.25, -0.2) is 0 Å². The maximum absolute atomic E-state index is 12.7. The Bertz CT molecular complexity index is 824. The topological polar surface area (TPSA) is 78.9 Å². The van der Waals surface area contributed by atoms with Gasteiger partial charge in [-0.2, -0.15) is 0 Å². The zero-order valence-corrected chi connectivity index (χ0v) is 36.8. The van der Waals surface area contributed by atoms with Crippen molar-refractivity contribution in [2.24, 2.45) is 11.8 Å². The fourth-order valence-electron chi connectivity index (χ4n) is 7.11. The Morgan fingerprint density at radius 3 is 0.907 bits per heavy atom. The Balaban J connectivity index is 4.32. The van der Waals surface area contributed by atoms with Crippen LogP contribution >= 0.6 is 0 Å². The van der Waals surface area contributed by atoms with Crippen molar-refractivity contribution in [3.63, 3.8) is 0 Å². The Morgan fingerprint density at radius 2 is 0.611 bits per heavy atom. The molecule has 1 atom stereocenters. The third kappa shape index (κ3) is 41.6. The summed E-state index contributed by atoms with van der Waals surface area (Å²) < 4.78 is 16.7. The van der Waals surface area contributed by atoms with E-state index in [-0.39, 0.29) is 31.1 Å². The summed E-state index contributed by atoms with van der Waals surface area (Å²) in [5.41, 5.74) is 0. The molecule has 0 aliphatic carbocycles. The first kappa shape index (κ1) is 52.4. The van der Waals surface area contributed by atoms with E-state index >= 15 is 0 Å². The highest BCUT2D eigenvalue weighted by Crippen LogP contribution is 2.17. The first-order valence-electron chi connectivity index (χ1n) is 23.7. The molecule has 54 heavy (non-hydrogen) atoms. The average molecular weight is 765 g/mol. The highest BCUT2D eigenvalue weighted by Gasteiger charge is 2.19. The van der Waals surface area contributed by atoms with Gasteiger partial charge in [0.1, 0.15) is 13.2 Å². The van der Waals surface area contributed by atoms with Gasteiger partial charge in [0.15, 0.2) is 6.10 Å². The van der Waals surface area contributed by atoms with Crippen LogP contribution in [0.1, 0.15) is 259 Å². The van der Waals surface area contributed by atoms with Crippen LogP contribution in [0.3, 0.4) is 0 Å². The number of carbonyl (C=O) groups excluding carboxylic acids is 3. The number of hydrogen-bond donors (Lipinski definition) is 0. The molecule has 0 aromatic carbocycles. The summed E-state index contributed by atoms with van der Waals surface area (Å²) >= 11 is 0. The highest BCUT2D eigenvalue weighted by atomic mass is 16.6. The van der Waals surface area contributed by atoms with Crippen LogP contribution in [-0.4, -0.2) is 37.2 Å². The third-order valence-corrected chi connectivity index (χ3v) is 10.7. The van der Waals surface area contributed by atoms with E-state index in [1.165, 1.54) is 148 Å². The first-order valence-corrected chi connectivity index (χ1v) is 23.7. The van der Waals surface area contributed by atoms with Gasteiger partial charge in [-0.05, 0) is 31.1 Å².